The zero-order chi connectivity index (χ0) is 18.8. The molecule has 0 fully saturated rings. The lowest BCUT2D eigenvalue weighted by Crippen LogP contribution is -2.11. The van der Waals surface area contributed by atoms with E-state index in [-0.39, 0.29) is 22.0 Å². The van der Waals surface area contributed by atoms with E-state index in [1.54, 1.807) is 21.8 Å². The third-order valence-corrected chi connectivity index (χ3v) is 5.71. The molecule has 134 valence electrons. The van der Waals surface area contributed by atoms with Crippen LogP contribution in [0.5, 0.6) is 0 Å². The maximum absolute atomic E-state index is 13.0. The number of sulfone groups is 1. The van der Waals surface area contributed by atoms with Crippen molar-refractivity contribution in [1.82, 2.24) is 9.55 Å². The van der Waals surface area contributed by atoms with Gasteiger partial charge in [-0.2, -0.15) is 13.2 Å². The molecule has 4 nitrogen and oxygen atoms in total. The van der Waals surface area contributed by atoms with Gasteiger partial charge in [0.2, 0.25) is 0 Å². The lowest BCUT2D eigenvalue weighted by Gasteiger charge is -2.13. The Balaban J connectivity index is 2.74. The van der Waals surface area contributed by atoms with E-state index in [1.165, 1.54) is 13.1 Å². The van der Waals surface area contributed by atoms with Gasteiger partial charge in [0.05, 0.1) is 28.1 Å². The summed E-state index contributed by atoms with van der Waals surface area (Å²) in [6, 6.07) is 2.68. The molecule has 0 bridgehead atoms. The van der Waals surface area contributed by atoms with Crippen LogP contribution in [0.4, 0.5) is 13.2 Å². The van der Waals surface area contributed by atoms with Crippen LogP contribution in [0.2, 0.25) is 0 Å². The van der Waals surface area contributed by atoms with E-state index >= 15 is 0 Å². The number of benzene rings is 1. The molecule has 0 saturated carbocycles. The van der Waals surface area contributed by atoms with Gasteiger partial charge in [-0.25, -0.2) is 13.4 Å². The second kappa shape index (κ2) is 7.35. The number of nitrogens with zero attached hydrogens (tertiary/aromatic N) is 2. The number of aromatic nitrogens is 2. The van der Waals surface area contributed by atoms with Crippen LogP contribution in [0.25, 0.3) is 17.5 Å². The minimum absolute atomic E-state index is 0.135. The summed E-state index contributed by atoms with van der Waals surface area (Å²) in [6.07, 6.45) is -1.49. The molecule has 0 aliphatic heterocycles. The van der Waals surface area contributed by atoms with Crippen molar-refractivity contribution < 1.29 is 21.6 Å². The largest absolute Gasteiger partial charge is 0.416 e. The van der Waals surface area contributed by atoms with E-state index in [0.29, 0.717) is 11.8 Å². The zero-order valence-electron chi connectivity index (χ0n) is 13.3. The molecule has 0 unspecified atom stereocenters. The quantitative estimate of drug-likeness (QED) is 0.478. The van der Waals surface area contributed by atoms with E-state index in [9.17, 15) is 21.6 Å². The molecule has 0 saturated heterocycles. The summed E-state index contributed by atoms with van der Waals surface area (Å²) >= 11 is 1.99. The first-order chi connectivity index (χ1) is 11.6. The van der Waals surface area contributed by atoms with E-state index < -0.39 is 21.6 Å². The Hall–Kier alpha value is -1.58. The summed E-state index contributed by atoms with van der Waals surface area (Å²) in [6.45, 7) is 1.39. The normalized spacial score (nSPS) is 11.9. The zero-order valence-corrected chi connectivity index (χ0v) is 16.3. The van der Waals surface area contributed by atoms with Gasteiger partial charge in [0.25, 0.3) is 0 Å². The molecule has 1 aromatic heterocycles. The predicted octanol–water partition coefficient (Wildman–Crippen LogP) is 4.46. The Morgan fingerprint density at radius 2 is 2.04 bits per heavy atom. The minimum Gasteiger partial charge on any atom is -0.327 e. The fourth-order valence-electron chi connectivity index (χ4n) is 2.22. The summed E-state index contributed by atoms with van der Waals surface area (Å²) in [5, 5.41) is 0. The van der Waals surface area contributed by atoms with Gasteiger partial charge >= 0.3 is 6.18 Å². The Morgan fingerprint density at radius 3 is 2.60 bits per heavy atom. The lowest BCUT2D eigenvalue weighted by molar-refractivity contribution is -0.137. The average Bonchev–Trinajstić information content (AvgIpc) is 2.92. The van der Waals surface area contributed by atoms with Gasteiger partial charge in [0.15, 0.2) is 9.84 Å². The topological polar surface area (TPSA) is 52.0 Å². The first kappa shape index (κ1) is 19.7. The molecular formula is C16H14F3IN2O2S. The van der Waals surface area contributed by atoms with Crippen LogP contribution < -0.4 is 0 Å². The molecular weight excluding hydrogens is 468 g/mol. The molecule has 2 aromatic rings. The van der Waals surface area contributed by atoms with E-state index in [1.807, 2.05) is 22.6 Å². The average molecular weight is 482 g/mol. The van der Waals surface area contributed by atoms with Gasteiger partial charge in [0.1, 0.15) is 5.82 Å². The van der Waals surface area contributed by atoms with Crippen molar-refractivity contribution in [3.8, 4) is 11.4 Å². The van der Waals surface area contributed by atoms with Gasteiger partial charge < -0.3 is 4.57 Å². The third-order valence-electron chi connectivity index (χ3n) is 3.58. The number of imidazole rings is 1. The molecule has 25 heavy (non-hydrogen) atoms. The molecule has 9 heteroatoms. The maximum Gasteiger partial charge on any atom is 0.416 e. The van der Waals surface area contributed by atoms with Crippen LogP contribution in [0.15, 0.2) is 39.1 Å². The maximum atomic E-state index is 13.0. The summed E-state index contributed by atoms with van der Waals surface area (Å²) in [5.74, 6) is -0.0435. The SMILES string of the molecule is CCS(=O)(=O)c1cc(C(F)(F)F)ccc1-c1ncc(C=C=CI)n1C. The standard InChI is InChI=1S/C16H14F3IN2O2S/c1-3-25(23,24)14-9-11(16(17,18)19)6-7-13(14)15-21-10-12(22(15)2)5-4-8-20/h5-10H,3H2,1-2H3. The fraction of sp³-hybridized carbons (Fsp3) is 0.250. The highest BCUT2D eigenvalue weighted by Crippen LogP contribution is 2.35. The van der Waals surface area contributed by atoms with Gasteiger partial charge in [0, 0.05) is 22.8 Å². The second-order valence-electron chi connectivity index (χ2n) is 5.10. The Labute approximate surface area is 157 Å². The van der Waals surface area contributed by atoms with E-state index in [2.05, 4.69) is 10.7 Å². The molecule has 0 atom stereocenters. The predicted molar refractivity (Wildman–Crippen MR) is 97.9 cm³/mol. The lowest BCUT2D eigenvalue weighted by atomic mass is 10.1. The molecule has 0 amide bonds. The first-order valence-electron chi connectivity index (χ1n) is 7.09. The summed E-state index contributed by atoms with van der Waals surface area (Å²) < 4.78 is 66.9. The van der Waals surface area contributed by atoms with Crippen molar-refractivity contribution in [3.63, 3.8) is 0 Å². The van der Waals surface area contributed by atoms with Crippen molar-refractivity contribution in [2.45, 2.75) is 18.0 Å². The summed E-state index contributed by atoms with van der Waals surface area (Å²) in [5.41, 5.74) is 2.63. The number of halogens is 4. The Bertz CT molecular complexity index is 956. The molecule has 0 N–H and O–H groups in total. The van der Waals surface area contributed by atoms with Crippen molar-refractivity contribution >= 4 is 38.5 Å². The highest BCUT2D eigenvalue weighted by molar-refractivity contribution is 14.1. The van der Waals surface area contributed by atoms with Crippen LogP contribution in [0, 0.1) is 0 Å². The van der Waals surface area contributed by atoms with Crippen LogP contribution in [-0.2, 0) is 23.1 Å². The summed E-state index contributed by atoms with van der Waals surface area (Å²) in [7, 11) is -2.21. The van der Waals surface area contributed by atoms with Crippen molar-refractivity contribution in [2.75, 3.05) is 5.75 Å². The Morgan fingerprint density at radius 1 is 1.36 bits per heavy atom. The molecule has 2 rings (SSSR count). The molecule has 1 aromatic carbocycles. The highest BCUT2D eigenvalue weighted by atomic mass is 127. The van der Waals surface area contributed by atoms with Gasteiger partial charge in [-0.05, 0) is 40.8 Å². The second-order valence-corrected chi connectivity index (χ2v) is 7.97. The first-order valence-corrected chi connectivity index (χ1v) is 9.99. The number of hydrogen-bond acceptors (Lipinski definition) is 3. The van der Waals surface area contributed by atoms with Crippen LogP contribution in [0.3, 0.4) is 0 Å². The molecule has 1 heterocycles. The number of alkyl halides is 3. The van der Waals surface area contributed by atoms with Crippen LogP contribution in [-0.4, -0.2) is 23.7 Å². The molecule has 0 aliphatic carbocycles. The van der Waals surface area contributed by atoms with Crippen molar-refractivity contribution in [2.24, 2.45) is 7.05 Å². The minimum atomic E-state index is -4.63. The highest BCUT2D eigenvalue weighted by Gasteiger charge is 2.33. The monoisotopic (exact) mass is 482 g/mol. The molecule has 0 spiro atoms. The van der Waals surface area contributed by atoms with Gasteiger partial charge in [-0.1, -0.05) is 6.92 Å². The van der Waals surface area contributed by atoms with Crippen molar-refractivity contribution in [1.29, 1.82) is 0 Å². The summed E-state index contributed by atoms with van der Waals surface area (Å²) in [4.78, 5) is 3.79. The molecule has 0 aliphatic rings. The molecule has 0 radical (unpaired) electrons. The Kier molecular flexibility index (Phi) is 5.80. The van der Waals surface area contributed by atoms with Crippen LogP contribution >= 0.6 is 22.6 Å². The number of rotatable bonds is 4. The van der Waals surface area contributed by atoms with Gasteiger partial charge in [-0.3, -0.25) is 0 Å². The third kappa shape index (κ3) is 4.16. The van der Waals surface area contributed by atoms with Gasteiger partial charge in [-0.15, -0.1) is 5.73 Å². The van der Waals surface area contributed by atoms with E-state index in [0.717, 1.165) is 12.1 Å². The fourth-order valence-corrected chi connectivity index (χ4v) is 3.51. The van der Waals surface area contributed by atoms with E-state index in [4.69, 9.17) is 0 Å². The number of hydrogen-bond donors (Lipinski definition) is 0. The van der Waals surface area contributed by atoms with Crippen molar-refractivity contribution in [3.05, 3.63) is 45.5 Å². The smallest absolute Gasteiger partial charge is 0.327 e. The van der Waals surface area contributed by atoms with Crippen LogP contribution in [0.1, 0.15) is 18.2 Å².